The Labute approximate surface area is 123 Å². The summed E-state index contributed by atoms with van der Waals surface area (Å²) in [6, 6.07) is 14.5. The molecule has 0 unspecified atom stereocenters. The fraction of sp³-hybridized carbons (Fsp3) is 0.176. The molecule has 2 rings (SSSR count). The van der Waals surface area contributed by atoms with E-state index in [9.17, 15) is 9.59 Å². The van der Waals surface area contributed by atoms with Crippen molar-refractivity contribution >= 4 is 12.2 Å². The molecule has 4 nitrogen and oxygen atoms in total. The lowest BCUT2D eigenvalue weighted by Gasteiger charge is -2.09. The first-order valence-electron chi connectivity index (χ1n) is 6.68. The third-order valence-electron chi connectivity index (χ3n) is 3.12. The Morgan fingerprint density at radius 2 is 1.86 bits per heavy atom. The maximum atomic E-state index is 11.7. The molecule has 0 aliphatic carbocycles. The summed E-state index contributed by atoms with van der Waals surface area (Å²) in [6.07, 6.45) is 0.763. The third kappa shape index (κ3) is 4.45. The second-order valence-corrected chi connectivity index (χ2v) is 4.68. The van der Waals surface area contributed by atoms with E-state index >= 15 is 0 Å². The van der Waals surface area contributed by atoms with Crippen LogP contribution in [0.3, 0.4) is 0 Å². The zero-order valence-corrected chi connectivity index (χ0v) is 11.8. The molecule has 1 amide bonds. The number of aryl methyl sites for hydroxylation is 1. The van der Waals surface area contributed by atoms with E-state index in [4.69, 9.17) is 4.74 Å². The van der Waals surface area contributed by atoms with Gasteiger partial charge >= 0.3 is 0 Å². The van der Waals surface area contributed by atoms with Crippen LogP contribution in [0.2, 0.25) is 0 Å². The molecule has 0 saturated heterocycles. The van der Waals surface area contributed by atoms with Crippen molar-refractivity contribution in [3.05, 3.63) is 65.2 Å². The summed E-state index contributed by atoms with van der Waals surface area (Å²) >= 11 is 0. The minimum Gasteiger partial charge on any atom is -0.484 e. The van der Waals surface area contributed by atoms with Gasteiger partial charge in [-0.15, -0.1) is 0 Å². The van der Waals surface area contributed by atoms with Gasteiger partial charge in [-0.2, -0.15) is 0 Å². The number of carbonyl (C=O) groups excluding carboxylic acids is 2. The Bertz CT molecular complexity index is 620. The maximum Gasteiger partial charge on any atom is 0.258 e. The highest BCUT2D eigenvalue weighted by Crippen LogP contribution is 2.11. The Balaban J connectivity index is 1.79. The summed E-state index contributed by atoms with van der Waals surface area (Å²) in [5, 5.41) is 2.81. The largest absolute Gasteiger partial charge is 0.484 e. The summed E-state index contributed by atoms with van der Waals surface area (Å²) in [6.45, 7) is 2.44. The zero-order valence-electron chi connectivity index (χ0n) is 11.8. The molecule has 0 aliphatic rings. The number of rotatable bonds is 6. The number of ether oxygens (including phenoxy) is 1. The smallest absolute Gasteiger partial charge is 0.258 e. The van der Waals surface area contributed by atoms with E-state index in [1.54, 1.807) is 24.3 Å². The first-order chi connectivity index (χ1) is 10.2. The molecule has 0 bridgehead atoms. The molecule has 21 heavy (non-hydrogen) atoms. The second-order valence-electron chi connectivity index (χ2n) is 4.68. The van der Waals surface area contributed by atoms with E-state index < -0.39 is 0 Å². The quantitative estimate of drug-likeness (QED) is 0.829. The van der Waals surface area contributed by atoms with E-state index in [1.807, 2.05) is 31.2 Å². The highest BCUT2D eigenvalue weighted by Gasteiger charge is 2.04. The highest BCUT2D eigenvalue weighted by molar-refractivity contribution is 5.77. The minimum atomic E-state index is -0.183. The third-order valence-corrected chi connectivity index (χ3v) is 3.12. The van der Waals surface area contributed by atoms with E-state index in [1.165, 1.54) is 0 Å². The van der Waals surface area contributed by atoms with Gasteiger partial charge in [-0.25, -0.2) is 0 Å². The van der Waals surface area contributed by atoms with Crippen molar-refractivity contribution in [2.75, 3.05) is 6.61 Å². The molecular formula is C17H17NO3. The van der Waals surface area contributed by atoms with Crippen molar-refractivity contribution in [3.63, 3.8) is 0 Å². The molecule has 0 atom stereocenters. The monoisotopic (exact) mass is 283 g/mol. The number of hydrogen-bond donors (Lipinski definition) is 1. The molecule has 0 fully saturated rings. The van der Waals surface area contributed by atoms with E-state index in [2.05, 4.69) is 5.32 Å². The predicted molar refractivity (Wildman–Crippen MR) is 80.4 cm³/mol. The standard InChI is InChI=1S/C17H17NO3/c1-13-4-2-3-5-15(13)10-18-17(20)12-21-16-8-6-14(11-19)7-9-16/h2-9,11H,10,12H2,1H3,(H,18,20). The average molecular weight is 283 g/mol. The normalized spacial score (nSPS) is 9.95. The van der Waals surface area contributed by atoms with Crippen molar-refractivity contribution in [1.29, 1.82) is 0 Å². The van der Waals surface area contributed by atoms with Crippen LogP contribution in [-0.2, 0) is 11.3 Å². The minimum absolute atomic E-state index is 0.0493. The SMILES string of the molecule is Cc1ccccc1CNC(=O)COc1ccc(C=O)cc1. The lowest BCUT2D eigenvalue weighted by atomic mass is 10.1. The van der Waals surface area contributed by atoms with Gasteiger partial charge in [-0.3, -0.25) is 9.59 Å². The Morgan fingerprint density at radius 3 is 2.52 bits per heavy atom. The fourth-order valence-corrected chi connectivity index (χ4v) is 1.84. The Kier molecular flexibility index (Phi) is 5.10. The van der Waals surface area contributed by atoms with Gasteiger partial charge in [0, 0.05) is 12.1 Å². The van der Waals surface area contributed by atoms with Gasteiger partial charge < -0.3 is 10.1 Å². The van der Waals surface area contributed by atoms with Gasteiger partial charge in [-0.1, -0.05) is 24.3 Å². The number of benzene rings is 2. The molecule has 0 aromatic heterocycles. The van der Waals surface area contributed by atoms with E-state index in [0.717, 1.165) is 17.4 Å². The summed E-state index contributed by atoms with van der Waals surface area (Å²) < 4.78 is 5.36. The number of amides is 1. The summed E-state index contributed by atoms with van der Waals surface area (Å²) in [7, 11) is 0. The number of nitrogens with one attached hydrogen (secondary N) is 1. The molecule has 0 heterocycles. The van der Waals surface area contributed by atoms with Crippen molar-refractivity contribution in [2.24, 2.45) is 0 Å². The molecule has 108 valence electrons. The number of aldehydes is 1. The summed E-state index contributed by atoms with van der Waals surface area (Å²) in [5.41, 5.74) is 2.80. The van der Waals surface area contributed by atoms with Crippen LogP contribution >= 0.6 is 0 Å². The van der Waals surface area contributed by atoms with Crippen LogP contribution in [0.15, 0.2) is 48.5 Å². The van der Waals surface area contributed by atoms with Crippen LogP contribution in [0.5, 0.6) is 5.75 Å². The van der Waals surface area contributed by atoms with Crippen molar-refractivity contribution < 1.29 is 14.3 Å². The van der Waals surface area contributed by atoms with Gasteiger partial charge in [0.25, 0.3) is 5.91 Å². The lowest BCUT2D eigenvalue weighted by molar-refractivity contribution is -0.123. The van der Waals surface area contributed by atoms with Crippen LogP contribution in [0.4, 0.5) is 0 Å². The first kappa shape index (κ1) is 14.8. The second kappa shape index (κ2) is 7.24. The van der Waals surface area contributed by atoms with E-state index in [0.29, 0.717) is 17.9 Å². The average Bonchev–Trinajstić information content (AvgIpc) is 2.52. The molecule has 0 saturated carbocycles. The van der Waals surface area contributed by atoms with Crippen LogP contribution in [0, 0.1) is 6.92 Å². The molecular weight excluding hydrogens is 266 g/mol. The number of carbonyl (C=O) groups is 2. The lowest BCUT2D eigenvalue weighted by Crippen LogP contribution is -2.28. The topological polar surface area (TPSA) is 55.4 Å². The van der Waals surface area contributed by atoms with Crippen LogP contribution in [0.25, 0.3) is 0 Å². The molecule has 4 heteroatoms. The number of hydrogen-bond acceptors (Lipinski definition) is 3. The predicted octanol–water partition coefficient (Wildman–Crippen LogP) is 2.50. The summed E-state index contributed by atoms with van der Waals surface area (Å²) in [4.78, 5) is 22.3. The van der Waals surface area contributed by atoms with E-state index in [-0.39, 0.29) is 12.5 Å². The van der Waals surface area contributed by atoms with Gasteiger partial charge in [-0.05, 0) is 42.3 Å². The van der Waals surface area contributed by atoms with Crippen molar-refractivity contribution in [3.8, 4) is 5.75 Å². The van der Waals surface area contributed by atoms with Gasteiger partial charge in [0.05, 0.1) is 0 Å². The molecule has 2 aromatic rings. The Hall–Kier alpha value is -2.62. The molecule has 2 aromatic carbocycles. The maximum absolute atomic E-state index is 11.7. The zero-order chi connectivity index (χ0) is 15.1. The van der Waals surface area contributed by atoms with Gasteiger partial charge in [0.15, 0.2) is 6.61 Å². The molecule has 0 spiro atoms. The summed E-state index contributed by atoms with van der Waals surface area (Å²) in [5.74, 6) is 0.379. The van der Waals surface area contributed by atoms with Gasteiger partial charge in [0.2, 0.25) is 0 Å². The highest BCUT2D eigenvalue weighted by atomic mass is 16.5. The molecule has 0 aliphatic heterocycles. The molecule has 1 N–H and O–H groups in total. The van der Waals surface area contributed by atoms with Crippen molar-refractivity contribution in [1.82, 2.24) is 5.32 Å². The first-order valence-corrected chi connectivity index (χ1v) is 6.68. The molecule has 0 radical (unpaired) electrons. The van der Waals surface area contributed by atoms with Crippen LogP contribution in [0.1, 0.15) is 21.5 Å². The van der Waals surface area contributed by atoms with Crippen LogP contribution in [-0.4, -0.2) is 18.8 Å². The van der Waals surface area contributed by atoms with Crippen LogP contribution < -0.4 is 10.1 Å². The van der Waals surface area contributed by atoms with Crippen molar-refractivity contribution in [2.45, 2.75) is 13.5 Å². The Morgan fingerprint density at radius 1 is 1.14 bits per heavy atom. The fourth-order valence-electron chi connectivity index (χ4n) is 1.84. The van der Waals surface area contributed by atoms with Gasteiger partial charge in [0.1, 0.15) is 12.0 Å².